The number of aliphatic hydroxyl groups excluding tert-OH is 2. The molecule has 0 spiro atoms. The first-order valence-corrected chi connectivity index (χ1v) is 25.7. The lowest BCUT2D eigenvalue weighted by molar-refractivity contribution is -0.160. The molecule has 22 nitrogen and oxygen atoms in total. The van der Waals surface area contributed by atoms with Gasteiger partial charge in [0.2, 0.25) is 0 Å². The topological polar surface area (TPSA) is 303 Å². The van der Waals surface area contributed by atoms with Crippen molar-refractivity contribution in [3.8, 4) is 0 Å². The molecule has 78 heavy (non-hydrogen) atoms. The summed E-state index contributed by atoms with van der Waals surface area (Å²) < 4.78 is 48.6. The molecule has 2 unspecified atom stereocenters. The zero-order valence-corrected chi connectivity index (χ0v) is 48.9. The Morgan fingerprint density at radius 1 is 0.397 bits per heavy atom. The molecule has 0 aromatic carbocycles. The fourth-order valence-corrected chi connectivity index (χ4v) is 4.01. The van der Waals surface area contributed by atoms with E-state index >= 15 is 0 Å². The van der Waals surface area contributed by atoms with E-state index in [2.05, 4.69) is 31.1 Å². The molecule has 2 atom stereocenters. The monoisotopic (exact) mass is 1120 g/mol. The second-order valence-electron chi connectivity index (χ2n) is 19.9. The second kappa shape index (κ2) is 42.6. The summed E-state index contributed by atoms with van der Waals surface area (Å²) in [5.74, 6) is -4.40. The number of aliphatic hydroxyl groups is 2. The second-order valence-corrected chi connectivity index (χ2v) is 19.9. The quantitative estimate of drug-likeness (QED) is 0.0285. The van der Waals surface area contributed by atoms with Crippen molar-refractivity contribution in [3.63, 3.8) is 0 Å². The standard InChI is InChI=1S/C16H26O6.C15H24O6.C13H22O5.C12H20O5/c1-6-16(4,5)15(19)22-11-10-20-13(17)8-7-9-21-14(18)12(2)3;1-5-12(16)19-9-7-8-13(17)20-10-11-21-14(18)15(3,4)6-2;1-6-13(4,5)12(16)18-8-10(14)7-17-11(15)9(2)3;1-5-10(14)16-7-9(13)8-17-11(15)12(3,4)6-2/h2,6-11H2,1,3-5H3;5H,1,6-11H2,2-4H3;10,14H,2,6-8H2,1,3-5H3;5,9,13H,1,6-8H2,2-4H3. The van der Waals surface area contributed by atoms with E-state index in [9.17, 15) is 58.2 Å². The Balaban J connectivity index is -0.000000470. The zero-order valence-electron chi connectivity index (χ0n) is 48.9. The van der Waals surface area contributed by atoms with Gasteiger partial charge in [-0.3, -0.25) is 28.8 Å². The van der Waals surface area contributed by atoms with Gasteiger partial charge in [-0.2, -0.15) is 0 Å². The van der Waals surface area contributed by atoms with Crippen LogP contribution in [0.3, 0.4) is 0 Å². The van der Waals surface area contributed by atoms with E-state index in [0.29, 0.717) is 44.1 Å². The molecule has 0 bridgehead atoms. The van der Waals surface area contributed by atoms with Gasteiger partial charge in [0.05, 0.1) is 34.9 Å². The van der Waals surface area contributed by atoms with Gasteiger partial charge in [-0.15, -0.1) is 0 Å². The van der Waals surface area contributed by atoms with Crippen molar-refractivity contribution in [3.05, 3.63) is 49.6 Å². The van der Waals surface area contributed by atoms with E-state index < -0.39 is 69.7 Å². The van der Waals surface area contributed by atoms with Gasteiger partial charge >= 0.3 is 59.7 Å². The number of carbonyl (C=O) groups excluding carboxylic acids is 10. The van der Waals surface area contributed by atoms with E-state index in [-0.39, 0.29) is 108 Å². The molecule has 0 aliphatic rings. The van der Waals surface area contributed by atoms with Crippen LogP contribution in [0.25, 0.3) is 0 Å². The number of hydrogen-bond acceptors (Lipinski definition) is 22. The molecule has 0 aliphatic carbocycles. The largest absolute Gasteiger partial charge is 0.463 e. The van der Waals surface area contributed by atoms with Crippen LogP contribution in [0.4, 0.5) is 0 Å². The third-order valence-corrected chi connectivity index (χ3v) is 11.1. The van der Waals surface area contributed by atoms with Crippen LogP contribution < -0.4 is 0 Å². The summed E-state index contributed by atoms with van der Waals surface area (Å²) in [5, 5.41) is 18.9. The van der Waals surface area contributed by atoms with E-state index in [1.165, 1.54) is 6.92 Å². The molecular formula is C56H92O22. The van der Waals surface area contributed by atoms with Crippen LogP contribution in [-0.2, 0) is 95.3 Å². The van der Waals surface area contributed by atoms with Gasteiger partial charge < -0.3 is 57.6 Å². The Hall–Kier alpha value is -6.42. The molecule has 0 rings (SSSR count). The fraction of sp³-hybridized carbons (Fsp3) is 0.679. The summed E-state index contributed by atoms with van der Waals surface area (Å²) in [6.45, 7) is 37.8. The maximum absolute atomic E-state index is 11.7. The lowest BCUT2D eigenvalue weighted by Gasteiger charge is -2.21. The van der Waals surface area contributed by atoms with Gasteiger partial charge in [-0.05, 0) is 108 Å². The number of carbonyl (C=O) groups is 10. The Morgan fingerprint density at radius 2 is 0.667 bits per heavy atom. The third kappa shape index (κ3) is 40.8. The van der Waals surface area contributed by atoms with Crippen LogP contribution in [-0.4, -0.2) is 148 Å². The minimum absolute atomic E-state index is 0.0237. The third-order valence-electron chi connectivity index (χ3n) is 11.1. The Kier molecular flexibility index (Phi) is 42.6. The number of esters is 10. The van der Waals surface area contributed by atoms with Crippen LogP contribution in [0.2, 0.25) is 0 Å². The molecule has 0 radical (unpaired) electrons. The molecular weight excluding hydrogens is 1020 g/mol. The van der Waals surface area contributed by atoms with Crippen molar-refractivity contribution < 1.29 is 106 Å². The molecule has 0 saturated heterocycles. The van der Waals surface area contributed by atoms with Crippen LogP contribution in [0, 0.1) is 21.7 Å². The van der Waals surface area contributed by atoms with Gasteiger partial charge in [-0.25, -0.2) is 19.2 Å². The van der Waals surface area contributed by atoms with Gasteiger partial charge in [0.1, 0.15) is 65.1 Å². The number of hydrogen-bond donors (Lipinski definition) is 2. The SMILES string of the molecule is C=C(C)C(=O)OCC(O)COC(=O)C(C)(C)CC.C=C(C)C(=O)OCCCC(=O)OCCOC(=O)C(C)(C)CC.C=CC(=O)OCC(O)COC(=O)C(C)(C)CC.C=CC(=O)OCCCC(=O)OCCOC(=O)C(C)(C)CC. The molecule has 0 aliphatic heterocycles. The first-order chi connectivity index (χ1) is 36.1. The highest BCUT2D eigenvalue weighted by Crippen LogP contribution is 2.24. The molecule has 22 heteroatoms. The molecule has 0 heterocycles. The molecule has 2 N–H and O–H groups in total. The highest BCUT2D eigenvalue weighted by Gasteiger charge is 2.30. The molecule has 0 fully saturated rings. The van der Waals surface area contributed by atoms with Gasteiger partial charge in [0, 0.05) is 36.1 Å². The van der Waals surface area contributed by atoms with Crippen LogP contribution in [0.1, 0.15) is 148 Å². The van der Waals surface area contributed by atoms with Gasteiger partial charge in [0.15, 0.2) is 0 Å². The lowest BCUT2D eigenvalue weighted by atomic mass is 9.91. The maximum Gasteiger partial charge on any atom is 0.333 e. The first-order valence-electron chi connectivity index (χ1n) is 25.7. The predicted octanol–water partition coefficient (Wildman–Crippen LogP) is 6.93. The van der Waals surface area contributed by atoms with Crippen molar-refractivity contribution in [2.45, 2.75) is 161 Å². The average molecular weight is 1120 g/mol. The van der Waals surface area contributed by atoms with Crippen molar-refractivity contribution in [2.24, 2.45) is 21.7 Å². The fourth-order valence-electron chi connectivity index (χ4n) is 4.01. The molecule has 0 amide bonds. The Morgan fingerprint density at radius 3 is 0.987 bits per heavy atom. The smallest absolute Gasteiger partial charge is 0.333 e. The van der Waals surface area contributed by atoms with Crippen molar-refractivity contribution in [2.75, 3.05) is 66.1 Å². The number of ether oxygens (including phenoxy) is 10. The highest BCUT2D eigenvalue weighted by molar-refractivity contribution is 5.87. The zero-order chi connectivity index (χ0) is 61.3. The lowest BCUT2D eigenvalue weighted by Crippen LogP contribution is -2.31. The van der Waals surface area contributed by atoms with E-state index in [1.54, 1.807) is 62.3 Å². The highest BCUT2D eigenvalue weighted by atomic mass is 16.6. The summed E-state index contributed by atoms with van der Waals surface area (Å²) in [7, 11) is 0. The maximum atomic E-state index is 11.7. The molecule has 0 aromatic heterocycles. The average Bonchev–Trinajstić information content (AvgIpc) is 3.40. The van der Waals surface area contributed by atoms with E-state index in [4.69, 9.17) is 42.6 Å². The van der Waals surface area contributed by atoms with Crippen LogP contribution in [0.15, 0.2) is 49.6 Å². The predicted molar refractivity (Wildman–Crippen MR) is 286 cm³/mol. The van der Waals surface area contributed by atoms with E-state index in [0.717, 1.165) is 12.2 Å². The van der Waals surface area contributed by atoms with Crippen molar-refractivity contribution in [1.82, 2.24) is 0 Å². The summed E-state index contributed by atoms with van der Waals surface area (Å²) in [6, 6.07) is 0. The van der Waals surface area contributed by atoms with Gasteiger partial charge in [0.25, 0.3) is 0 Å². The molecule has 0 saturated carbocycles. The summed E-state index contributed by atoms with van der Waals surface area (Å²) in [5.41, 5.74) is -1.63. The Labute approximate surface area is 461 Å². The summed E-state index contributed by atoms with van der Waals surface area (Å²) in [4.78, 5) is 113. The minimum atomic E-state index is -1.02. The Bertz CT molecular complexity index is 1930. The number of rotatable bonds is 34. The summed E-state index contributed by atoms with van der Waals surface area (Å²) >= 11 is 0. The first kappa shape index (κ1) is 78.1. The molecule has 0 aromatic rings. The summed E-state index contributed by atoms with van der Waals surface area (Å²) in [6.07, 6.45) is 3.69. The van der Waals surface area contributed by atoms with Crippen LogP contribution >= 0.6 is 0 Å². The van der Waals surface area contributed by atoms with Gasteiger partial charge in [-0.1, -0.05) is 54.0 Å². The minimum Gasteiger partial charge on any atom is -0.463 e. The van der Waals surface area contributed by atoms with E-state index in [1.807, 2.05) is 27.7 Å². The van der Waals surface area contributed by atoms with Crippen molar-refractivity contribution >= 4 is 59.7 Å². The van der Waals surface area contributed by atoms with Crippen LogP contribution in [0.5, 0.6) is 0 Å². The van der Waals surface area contributed by atoms with Crippen molar-refractivity contribution in [1.29, 1.82) is 0 Å². The molecule has 448 valence electrons. The normalized spacial score (nSPS) is 11.6.